The molecule has 94 valence electrons. The van der Waals surface area contributed by atoms with Crippen molar-refractivity contribution in [3.8, 4) is 0 Å². The molecule has 0 fully saturated rings. The molecule has 0 aromatic heterocycles. The summed E-state index contributed by atoms with van der Waals surface area (Å²) in [5.74, 6) is -2.01. The van der Waals surface area contributed by atoms with Crippen LogP contribution in [0.25, 0.3) is 0 Å². The fraction of sp³-hybridized carbons (Fsp3) is 0.0769. The molecule has 1 nitrogen and oxygen atoms in total. The van der Waals surface area contributed by atoms with Crippen molar-refractivity contribution in [2.75, 3.05) is 0 Å². The average Bonchev–Trinajstić information content (AvgIpc) is 2.33. The third-order valence-electron chi connectivity index (χ3n) is 2.50. The third-order valence-corrected chi connectivity index (χ3v) is 3.11. The SMILES string of the molecule is OC(c1cccc(F)c1)c1cc(F)c(Br)cc1F. The van der Waals surface area contributed by atoms with E-state index in [4.69, 9.17) is 0 Å². The van der Waals surface area contributed by atoms with E-state index in [0.29, 0.717) is 0 Å². The molecule has 1 atom stereocenters. The summed E-state index contributed by atoms with van der Waals surface area (Å²) < 4.78 is 39.9. The Morgan fingerprint density at radius 2 is 1.72 bits per heavy atom. The molecule has 0 radical (unpaired) electrons. The molecule has 0 bridgehead atoms. The molecule has 0 aliphatic rings. The number of aliphatic hydroxyl groups is 1. The zero-order valence-corrected chi connectivity index (χ0v) is 10.6. The highest BCUT2D eigenvalue weighted by Crippen LogP contribution is 2.28. The van der Waals surface area contributed by atoms with Gasteiger partial charge >= 0.3 is 0 Å². The number of aliphatic hydroxyl groups excluding tert-OH is 1. The molecule has 2 aromatic carbocycles. The fourth-order valence-corrected chi connectivity index (χ4v) is 1.92. The Morgan fingerprint density at radius 3 is 2.39 bits per heavy atom. The topological polar surface area (TPSA) is 20.2 Å². The Balaban J connectivity index is 2.46. The normalized spacial score (nSPS) is 12.5. The summed E-state index contributed by atoms with van der Waals surface area (Å²) in [5.41, 5.74) is -0.0723. The Morgan fingerprint density at radius 1 is 1.00 bits per heavy atom. The van der Waals surface area contributed by atoms with Crippen LogP contribution >= 0.6 is 15.9 Å². The molecule has 2 aromatic rings. The highest BCUT2D eigenvalue weighted by molar-refractivity contribution is 9.10. The molecule has 0 amide bonds. The van der Waals surface area contributed by atoms with E-state index in [-0.39, 0.29) is 15.6 Å². The van der Waals surface area contributed by atoms with Crippen LogP contribution in [0.15, 0.2) is 40.9 Å². The minimum Gasteiger partial charge on any atom is -0.384 e. The summed E-state index contributed by atoms with van der Waals surface area (Å²) in [6.07, 6.45) is -1.41. The van der Waals surface area contributed by atoms with Crippen molar-refractivity contribution >= 4 is 15.9 Å². The van der Waals surface area contributed by atoms with Crippen molar-refractivity contribution in [3.05, 3.63) is 69.4 Å². The molecule has 0 heterocycles. The molecule has 0 spiro atoms. The molecule has 2 rings (SSSR count). The summed E-state index contributed by atoms with van der Waals surface area (Å²) in [6, 6.07) is 6.91. The van der Waals surface area contributed by atoms with E-state index in [9.17, 15) is 18.3 Å². The summed E-state index contributed by atoms with van der Waals surface area (Å²) in [6.45, 7) is 0. The lowest BCUT2D eigenvalue weighted by atomic mass is 10.0. The van der Waals surface area contributed by atoms with Crippen LogP contribution < -0.4 is 0 Å². The van der Waals surface area contributed by atoms with E-state index in [1.54, 1.807) is 0 Å². The summed E-state index contributed by atoms with van der Waals surface area (Å²) in [4.78, 5) is 0. The largest absolute Gasteiger partial charge is 0.384 e. The van der Waals surface area contributed by atoms with Gasteiger partial charge in [0.1, 0.15) is 23.6 Å². The van der Waals surface area contributed by atoms with Crippen LogP contribution in [0.3, 0.4) is 0 Å². The number of hydrogen-bond acceptors (Lipinski definition) is 1. The highest BCUT2D eigenvalue weighted by atomic mass is 79.9. The van der Waals surface area contributed by atoms with Crippen LogP contribution in [0, 0.1) is 17.5 Å². The van der Waals surface area contributed by atoms with Gasteiger partial charge in [-0.3, -0.25) is 0 Å². The maximum Gasteiger partial charge on any atom is 0.137 e. The zero-order valence-electron chi connectivity index (χ0n) is 9.00. The number of rotatable bonds is 2. The molecule has 0 saturated heterocycles. The van der Waals surface area contributed by atoms with Gasteiger partial charge in [0.2, 0.25) is 0 Å². The maximum absolute atomic E-state index is 13.6. The average molecular weight is 317 g/mol. The molecular weight excluding hydrogens is 309 g/mol. The smallest absolute Gasteiger partial charge is 0.137 e. The van der Waals surface area contributed by atoms with Crippen LogP contribution in [-0.4, -0.2) is 5.11 Å². The fourth-order valence-electron chi connectivity index (χ4n) is 1.60. The molecule has 1 N–H and O–H groups in total. The van der Waals surface area contributed by atoms with E-state index >= 15 is 0 Å². The van der Waals surface area contributed by atoms with E-state index in [1.165, 1.54) is 18.2 Å². The van der Waals surface area contributed by atoms with Gasteiger partial charge in [0.05, 0.1) is 4.47 Å². The van der Waals surface area contributed by atoms with Crippen LogP contribution in [-0.2, 0) is 0 Å². The van der Waals surface area contributed by atoms with Crippen molar-refractivity contribution in [1.82, 2.24) is 0 Å². The molecular formula is C13H8BrF3O. The second-order valence-electron chi connectivity index (χ2n) is 3.75. The van der Waals surface area contributed by atoms with E-state index in [0.717, 1.165) is 18.2 Å². The van der Waals surface area contributed by atoms with Gasteiger partial charge in [0.15, 0.2) is 0 Å². The molecule has 0 aliphatic carbocycles. The van der Waals surface area contributed by atoms with Crippen molar-refractivity contribution in [1.29, 1.82) is 0 Å². The predicted molar refractivity (Wildman–Crippen MR) is 64.5 cm³/mol. The van der Waals surface area contributed by atoms with E-state index in [1.807, 2.05) is 0 Å². The van der Waals surface area contributed by atoms with Gasteiger partial charge in [-0.15, -0.1) is 0 Å². The van der Waals surface area contributed by atoms with Crippen molar-refractivity contribution < 1.29 is 18.3 Å². The lowest BCUT2D eigenvalue weighted by Crippen LogP contribution is -2.04. The quantitative estimate of drug-likeness (QED) is 0.832. The van der Waals surface area contributed by atoms with Crippen LogP contribution in [0.4, 0.5) is 13.2 Å². The van der Waals surface area contributed by atoms with Gasteiger partial charge < -0.3 is 5.11 Å². The predicted octanol–water partition coefficient (Wildman–Crippen LogP) is 3.95. The summed E-state index contributed by atoms with van der Waals surface area (Å²) in [5, 5.41) is 9.92. The van der Waals surface area contributed by atoms with Crippen LogP contribution in [0.2, 0.25) is 0 Å². The Bertz CT molecular complexity index is 586. The third kappa shape index (κ3) is 2.57. The number of halogens is 4. The maximum atomic E-state index is 13.6. The van der Waals surface area contributed by atoms with Crippen molar-refractivity contribution in [2.24, 2.45) is 0 Å². The first-order valence-electron chi connectivity index (χ1n) is 5.07. The Kier molecular flexibility index (Phi) is 3.73. The van der Waals surface area contributed by atoms with Crippen molar-refractivity contribution in [3.63, 3.8) is 0 Å². The van der Waals surface area contributed by atoms with Crippen LogP contribution in [0.1, 0.15) is 17.2 Å². The lowest BCUT2D eigenvalue weighted by molar-refractivity contribution is 0.214. The van der Waals surface area contributed by atoms with Crippen LogP contribution in [0.5, 0.6) is 0 Å². The lowest BCUT2D eigenvalue weighted by Gasteiger charge is -2.13. The van der Waals surface area contributed by atoms with Gasteiger partial charge in [-0.2, -0.15) is 0 Å². The Labute approximate surface area is 110 Å². The van der Waals surface area contributed by atoms with Gasteiger partial charge in [-0.1, -0.05) is 12.1 Å². The molecule has 0 aliphatic heterocycles. The summed E-state index contributed by atoms with van der Waals surface area (Å²) in [7, 11) is 0. The highest BCUT2D eigenvalue weighted by Gasteiger charge is 2.18. The van der Waals surface area contributed by atoms with Gasteiger partial charge in [0, 0.05) is 5.56 Å². The molecule has 5 heteroatoms. The summed E-state index contributed by atoms with van der Waals surface area (Å²) >= 11 is 2.84. The second kappa shape index (κ2) is 5.12. The first kappa shape index (κ1) is 13.1. The number of hydrogen-bond donors (Lipinski definition) is 1. The van der Waals surface area contributed by atoms with Gasteiger partial charge in [-0.25, -0.2) is 13.2 Å². The molecule has 0 saturated carbocycles. The van der Waals surface area contributed by atoms with Gasteiger partial charge in [-0.05, 0) is 45.8 Å². The van der Waals surface area contributed by atoms with E-state index < -0.39 is 23.6 Å². The Hall–Kier alpha value is -1.33. The first-order valence-corrected chi connectivity index (χ1v) is 5.86. The van der Waals surface area contributed by atoms with Gasteiger partial charge in [0.25, 0.3) is 0 Å². The van der Waals surface area contributed by atoms with E-state index in [2.05, 4.69) is 15.9 Å². The first-order chi connectivity index (χ1) is 8.49. The second-order valence-corrected chi connectivity index (χ2v) is 4.60. The minimum atomic E-state index is -1.41. The standard InChI is InChI=1S/C13H8BrF3O/c14-10-6-11(16)9(5-12(10)17)13(18)7-2-1-3-8(15)4-7/h1-6,13,18H. The van der Waals surface area contributed by atoms with Crippen molar-refractivity contribution in [2.45, 2.75) is 6.10 Å². The molecule has 1 unspecified atom stereocenters. The zero-order chi connectivity index (χ0) is 13.3. The number of benzene rings is 2. The minimum absolute atomic E-state index is 0.0322. The molecule has 18 heavy (non-hydrogen) atoms. The monoisotopic (exact) mass is 316 g/mol.